The first-order valence-electron chi connectivity index (χ1n) is 16.4. The van der Waals surface area contributed by atoms with Crippen molar-refractivity contribution in [3.8, 4) is 11.5 Å². The van der Waals surface area contributed by atoms with E-state index >= 15 is 0 Å². The molecule has 3 aromatic rings. The molecule has 0 unspecified atom stereocenters. The summed E-state index contributed by atoms with van der Waals surface area (Å²) in [4.78, 5) is 15.7. The SMILES string of the molecule is COc1cc(C=CC(=O)Nc2cc(S(=O)(=O)N3CCCCC3)ccc2N2CCCCC2)cc(S(=O)(=O)N2CCc3ccccc32)c1OC. The van der Waals surface area contributed by atoms with Gasteiger partial charge in [-0.2, -0.15) is 4.31 Å². The van der Waals surface area contributed by atoms with E-state index in [0.29, 0.717) is 43.0 Å². The largest absolute Gasteiger partial charge is 0.493 e. The first kappa shape index (κ1) is 33.8. The van der Waals surface area contributed by atoms with Gasteiger partial charge in [0.05, 0.1) is 36.2 Å². The molecule has 0 radical (unpaired) electrons. The van der Waals surface area contributed by atoms with Crippen LogP contribution in [-0.2, 0) is 31.3 Å². The van der Waals surface area contributed by atoms with Gasteiger partial charge in [-0.15, -0.1) is 0 Å². The molecule has 0 aromatic heterocycles. The zero-order valence-electron chi connectivity index (χ0n) is 27.4. The summed E-state index contributed by atoms with van der Waals surface area (Å²) >= 11 is 0. The monoisotopic (exact) mass is 694 g/mol. The van der Waals surface area contributed by atoms with Gasteiger partial charge in [0.1, 0.15) is 4.90 Å². The van der Waals surface area contributed by atoms with Gasteiger partial charge in [-0.1, -0.05) is 24.6 Å². The third-order valence-corrected chi connectivity index (χ3v) is 12.9. The van der Waals surface area contributed by atoms with Crippen molar-refractivity contribution in [1.82, 2.24) is 4.31 Å². The molecular weight excluding hydrogens is 653 g/mol. The van der Waals surface area contributed by atoms with Crippen molar-refractivity contribution in [3.05, 3.63) is 71.8 Å². The first-order valence-corrected chi connectivity index (χ1v) is 19.3. The van der Waals surface area contributed by atoms with Crippen LogP contribution in [0.4, 0.5) is 17.1 Å². The number of para-hydroxylation sites is 1. The Balaban J connectivity index is 1.30. The maximum absolute atomic E-state index is 14.0. The molecule has 3 heterocycles. The van der Waals surface area contributed by atoms with E-state index in [9.17, 15) is 21.6 Å². The number of carbonyl (C=O) groups excluding carboxylic acids is 1. The zero-order valence-corrected chi connectivity index (χ0v) is 29.0. The number of hydrogen-bond donors (Lipinski definition) is 1. The Morgan fingerprint density at radius 1 is 0.771 bits per heavy atom. The minimum absolute atomic E-state index is 0.0707. The van der Waals surface area contributed by atoms with Gasteiger partial charge in [0.15, 0.2) is 11.5 Å². The van der Waals surface area contributed by atoms with Crippen LogP contribution >= 0.6 is 0 Å². The highest BCUT2D eigenvalue weighted by molar-refractivity contribution is 7.93. The summed E-state index contributed by atoms with van der Waals surface area (Å²) in [5, 5.41) is 2.91. The number of benzene rings is 3. The van der Waals surface area contributed by atoms with Crippen molar-refractivity contribution >= 4 is 49.1 Å². The standard InChI is InChI=1S/C35H42N4O7S2/c1-45-32-23-26(24-33(35(32)46-2)48(43,44)39-22-17-27-11-5-6-12-30(27)39)13-16-34(40)36-29-25-28(47(41,42)38-20-9-4-10-21-38)14-15-31(29)37-18-7-3-8-19-37/h5-6,11-16,23-25H,3-4,7-10,17-22H2,1-2H3,(H,36,40). The molecule has 13 heteroatoms. The minimum Gasteiger partial charge on any atom is -0.493 e. The van der Waals surface area contributed by atoms with E-state index in [1.54, 1.807) is 36.4 Å². The first-order chi connectivity index (χ1) is 23.1. The second kappa shape index (κ2) is 14.2. The van der Waals surface area contributed by atoms with Crippen molar-refractivity contribution < 1.29 is 31.1 Å². The number of carbonyl (C=O) groups is 1. The van der Waals surface area contributed by atoms with Crippen LogP contribution in [0.2, 0.25) is 0 Å². The van der Waals surface area contributed by atoms with Crippen LogP contribution in [0.1, 0.15) is 49.7 Å². The lowest BCUT2D eigenvalue weighted by atomic mass is 10.1. The van der Waals surface area contributed by atoms with Crippen molar-refractivity contribution in [2.45, 2.75) is 54.7 Å². The van der Waals surface area contributed by atoms with Crippen LogP contribution in [0.5, 0.6) is 11.5 Å². The number of hydrogen-bond acceptors (Lipinski definition) is 8. The molecule has 2 fully saturated rings. The molecule has 3 aliphatic heterocycles. The molecule has 3 aromatic carbocycles. The second-order valence-corrected chi connectivity index (χ2v) is 16.0. The number of piperidine rings is 2. The van der Waals surface area contributed by atoms with Gasteiger partial charge >= 0.3 is 0 Å². The smallest absolute Gasteiger partial charge is 0.268 e. The second-order valence-electron chi connectivity index (χ2n) is 12.2. The Bertz CT molecular complexity index is 1920. The number of ether oxygens (including phenoxy) is 2. The fourth-order valence-electron chi connectivity index (χ4n) is 6.70. The van der Waals surface area contributed by atoms with Crippen LogP contribution in [-0.4, -0.2) is 74.0 Å². The van der Waals surface area contributed by atoms with Crippen LogP contribution in [0.15, 0.2) is 70.5 Å². The molecule has 0 atom stereocenters. The molecule has 6 rings (SSSR count). The molecule has 2 saturated heterocycles. The van der Waals surface area contributed by atoms with Crippen molar-refractivity contribution in [2.24, 2.45) is 0 Å². The maximum Gasteiger partial charge on any atom is 0.268 e. The predicted octanol–water partition coefficient (Wildman–Crippen LogP) is 5.27. The summed E-state index contributed by atoms with van der Waals surface area (Å²) < 4.78 is 69.0. The molecule has 3 aliphatic rings. The Kier molecular flexibility index (Phi) is 10.00. The van der Waals surface area contributed by atoms with E-state index < -0.39 is 26.0 Å². The lowest BCUT2D eigenvalue weighted by Crippen LogP contribution is -2.35. The fraction of sp³-hybridized carbons (Fsp3) is 0.400. The fourth-order valence-corrected chi connectivity index (χ4v) is 9.95. The molecular formula is C35H42N4O7S2. The zero-order chi connectivity index (χ0) is 33.9. The molecule has 1 N–H and O–H groups in total. The highest BCUT2D eigenvalue weighted by atomic mass is 32.2. The Morgan fingerprint density at radius 2 is 1.48 bits per heavy atom. The molecule has 48 heavy (non-hydrogen) atoms. The molecule has 11 nitrogen and oxygen atoms in total. The Labute approximate surface area is 283 Å². The summed E-state index contributed by atoms with van der Waals surface area (Å²) in [7, 11) is -4.97. The van der Waals surface area contributed by atoms with Gasteiger partial charge < -0.3 is 19.7 Å². The molecule has 256 valence electrons. The number of fused-ring (bicyclic) bond motifs is 1. The number of sulfonamides is 2. The molecule has 0 aliphatic carbocycles. The number of nitrogens with zero attached hydrogens (tertiary/aromatic N) is 3. The van der Waals surface area contributed by atoms with Crippen LogP contribution in [0, 0.1) is 0 Å². The molecule has 0 spiro atoms. The van der Waals surface area contributed by atoms with Gasteiger partial charge in [-0.05, 0) is 92.1 Å². The average Bonchev–Trinajstić information content (AvgIpc) is 3.56. The maximum atomic E-state index is 14.0. The highest BCUT2D eigenvalue weighted by Crippen LogP contribution is 2.41. The number of methoxy groups -OCH3 is 2. The van der Waals surface area contributed by atoms with E-state index in [1.165, 1.54) is 41.0 Å². The third kappa shape index (κ3) is 6.76. The molecule has 0 saturated carbocycles. The van der Waals surface area contributed by atoms with Crippen LogP contribution in [0.3, 0.4) is 0 Å². The number of nitrogens with one attached hydrogen (secondary N) is 1. The number of rotatable bonds is 10. The van der Waals surface area contributed by atoms with E-state index in [4.69, 9.17) is 9.47 Å². The Hall–Kier alpha value is -4.07. The third-order valence-electron chi connectivity index (χ3n) is 9.18. The predicted molar refractivity (Wildman–Crippen MR) is 187 cm³/mol. The topological polar surface area (TPSA) is 126 Å². The van der Waals surface area contributed by atoms with Gasteiger partial charge in [0.2, 0.25) is 15.9 Å². The molecule has 1 amide bonds. The van der Waals surface area contributed by atoms with Gasteiger partial charge in [0, 0.05) is 38.8 Å². The molecule has 0 bridgehead atoms. The normalized spacial score (nSPS) is 17.4. The van der Waals surface area contributed by atoms with Crippen molar-refractivity contribution in [3.63, 3.8) is 0 Å². The minimum atomic E-state index is -4.06. The number of anilines is 3. The summed E-state index contributed by atoms with van der Waals surface area (Å²) in [6.45, 7) is 2.87. The van der Waals surface area contributed by atoms with Gasteiger partial charge in [-0.3, -0.25) is 9.10 Å². The van der Waals surface area contributed by atoms with Crippen LogP contribution in [0.25, 0.3) is 6.08 Å². The van der Waals surface area contributed by atoms with E-state index in [0.717, 1.165) is 62.9 Å². The van der Waals surface area contributed by atoms with Gasteiger partial charge in [-0.25, -0.2) is 16.8 Å². The summed E-state index contributed by atoms with van der Waals surface area (Å²) in [6.07, 6.45) is 9.19. The number of amides is 1. The Morgan fingerprint density at radius 3 is 2.19 bits per heavy atom. The average molecular weight is 695 g/mol. The summed E-state index contributed by atoms with van der Waals surface area (Å²) in [5.41, 5.74) is 3.14. The van der Waals surface area contributed by atoms with E-state index in [1.807, 2.05) is 12.1 Å². The van der Waals surface area contributed by atoms with Crippen molar-refractivity contribution in [2.75, 3.05) is 61.5 Å². The summed E-state index contributed by atoms with van der Waals surface area (Å²) in [5.74, 6) is -0.219. The van der Waals surface area contributed by atoms with E-state index in [2.05, 4.69) is 10.2 Å². The summed E-state index contributed by atoms with van der Waals surface area (Å²) in [6, 6.07) is 15.4. The lowest BCUT2D eigenvalue weighted by Gasteiger charge is -2.31. The van der Waals surface area contributed by atoms with Gasteiger partial charge in [0.25, 0.3) is 10.0 Å². The van der Waals surface area contributed by atoms with E-state index in [-0.39, 0.29) is 21.3 Å². The van der Waals surface area contributed by atoms with Crippen molar-refractivity contribution in [1.29, 1.82) is 0 Å². The highest BCUT2D eigenvalue weighted by Gasteiger charge is 2.34. The van der Waals surface area contributed by atoms with Crippen LogP contribution < -0.4 is 24.0 Å². The lowest BCUT2D eigenvalue weighted by molar-refractivity contribution is -0.111. The quantitative estimate of drug-likeness (QED) is 0.285.